The molecule has 3 amide bonds. The van der Waals surface area contributed by atoms with Crippen molar-refractivity contribution in [2.45, 2.75) is 25.3 Å². The van der Waals surface area contributed by atoms with Gasteiger partial charge in [0.25, 0.3) is 0 Å². The molecule has 7 nitrogen and oxygen atoms in total. The molecule has 1 aliphatic heterocycles. The highest BCUT2D eigenvalue weighted by Gasteiger charge is 2.34. The number of fused-ring (bicyclic) bond motifs is 2. The first-order valence-electron chi connectivity index (χ1n) is 11.1. The van der Waals surface area contributed by atoms with Gasteiger partial charge in [-0.15, -0.1) is 0 Å². The predicted octanol–water partition coefficient (Wildman–Crippen LogP) is 1.79. The summed E-state index contributed by atoms with van der Waals surface area (Å²) in [4.78, 5) is 39.5. The maximum absolute atomic E-state index is 13.0. The first kappa shape index (κ1) is 21.5. The Balaban J connectivity index is 1.40. The predicted molar refractivity (Wildman–Crippen MR) is 129 cm³/mol. The first-order valence-corrected chi connectivity index (χ1v) is 11.1. The van der Waals surface area contributed by atoms with E-state index in [4.69, 9.17) is 0 Å². The lowest BCUT2D eigenvalue weighted by Gasteiger charge is -2.32. The normalized spacial score (nSPS) is 17.1. The second-order valence-corrected chi connectivity index (χ2v) is 8.35. The number of carbonyl (C=O) groups is 3. The van der Waals surface area contributed by atoms with Crippen molar-refractivity contribution in [2.24, 2.45) is 0 Å². The molecule has 1 unspecified atom stereocenters. The van der Waals surface area contributed by atoms with Gasteiger partial charge in [-0.25, -0.2) is 0 Å². The number of para-hydroxylation sites is 1. The number of hydrogen-bond donors (Lipinski definition) is 3. The fourth-order valence-electron chi connectivity index (χ4n) is 4.50. The molecule has 3 N–H and O–H groups in total. The molecular formula is C27H23N3O4. The van der Waals surface area contributed by atoms with E-state index in [2.05, 4.69) is 16.7 Å². The van der Waals surface area contributed by atoms with E-state index < -0.39 is 0 Å². The van der Waals surface area contributed by atoms with Gasteiger partial charge in [0.2, 0.25) is 17.7 Å². The average molecular weight is 453 g/mol. The summed E-state index contributed by atoms with van der Waals surface area (Å²) < 4.78 is 0. The van der Waals surface area contributed by atoms with Gasteiger partial charge < -0.3 is 20.6 Å². The van der Waals surface area contributed by atoms with E-state index in [0.29, 0.717) is 23.4 Å². The zero-order valence-corrected chi connectivity index (χ0v) is 18.3. The summed E-state index contributed by atoms with van der Waals surface area (Å²) >= 11 is 0. The third kappa shape index (κ3) is 4.15. The molecule has 3 aromatic carbocycles. The number of nitrogens with zero attached hydrogens (tertiary/aromatic N) is 1. The SMILES string of the molecule is O=C1CC(=O)N(c2ccc(NC(=O)Cc3ccccc3O)cc2)C2CC=c3ccccc3=C2N1. The fourth-order valence-corrected chi connectivity index (χ4v) is 4.50. The average Bonchev–Trinajstić information content (AvgIpc) is 2.95. The molecule has 1 saturated heterocycles. The van der Waals surface area contributed by atoms with Gasteiger partial charge in [0, 0.05) is 27.9 Å². The minimum Gasteiger partial charge on any atom is -0.508 e. The van der Waals surface area contributed by atoms with Crippen LogP contribution in [-0.4, -0.2) is 28.9 Å². The minimum atomic E-state index is -0.324. The Labute approximate surface area is 196 Å². The summed E-state index contributed by atoms with van der Waals surface area (Å²) in [5.74, 6) is -0.781. The van der Waals surface area contributed by atoms with Crippen molar-refractivity contribution >= 4 is 40.9 Å². The Bertz CT molecular complexity index is 1410. The van der Waals surface area contributed by atoms with E-state index in [1.165, 1.54) is 0 Å². The summed E-state index contributed by atoms with van der Waals surface area (Å²) in [6.45, 7) is 0. The molecule has 1 atom stereocenters. The Morgan fingerprint density at radius 3 is 2.53 bits per heavy atom. The molecular weight excluding hydrogens is 430 g/mol. The van der Waals surface area contributed by atoms with E-state index in [1.54, 1.807) is 53.4 Å². The van der Waals surface area contributed by atoms with Crippen molar-refractivity contribution < 1.29 is 19.5 Å². The maximum atomic E-state index is 13.0. The van der Waals surface area contributed by atoms with E-state index in [9.17, 15) is 19.5 Å². The largest absolute Gasteiger partial charge is 0.508 e. The molecule has 0 saturated carbocycles. The molecule has 3 aromatic rings. The van der Waals surface area contributed by atoms with Crippen LogP contribution in [0.15, 0.2) is 72.8 Å². The molecule has 0 radical (unpaired) electrons. The topological polar surface area (TPSA) is 98.7 Å². The van der Waals surface area contributed by atoms with Gasteiger partial charge in [0.05, 0.1) is 12.5 Å². The Morgan fingerprint density at radius 2 is 1.74 bits per heavy atom. The van der Waals surface area contributed by atoms with Crippen molar-refractivity contribution in [3.05, 3.63) is 88.8 Å². The summed E-state index contributed by atoms with van der Waals surface area (Å²) in [6, 6.07) is 21.2. The summed E-state index contributed by atoms with van der Waals surface area (Å²) in [5, 5.41) is 17.6. The van der Waals surface area contributed by atoms with Gasteiger partial charge in [0.1, 0.15) is 12.2 Å². The second kappa shape index (κ2) is 8.86. The van der Waals surface area contributed by atoms with Gasteiger partial charge in [0.15, 0.2) is 0 Å². The van der Waals surface area contributed by atoms with E-state index in [1.807, 2.05) is 24.3 Å². The molecule has 1 fully saturated rings. The van der Waals surface area contributed by atoms with Crippen LogP contribution in [0.5, 0.6) is 5.75 Å². The number of nitrogens with one attached hydrogen (secondary N) is 2. The third-order valence-electron chi connectivity index (χ3n) is 6.08. The highest BCUT2D eigenvalue weighted by molar-refractivity contribution is 6.10. The van der Waals surface area contributed by atoms with Crippen LogP contribution in [0.3, 0.4) is 0 Å². The number of aromatic hydroxyl groups is 1. The molecule has 1 heterocycles. The van der Waals surface area contributed by atoms with E-state index >= 15 is 0 Å². The number of amides is 3. The molecule has 0 bridgehead atoms. The number of hydrogen-bond acceptors (Lipinski definition) is 4. The standard InChI is InChI=1S/C27H23N3O4/c31-23-8-4-2-6-18(23)15-24(32)28-19-10-12-20(13-11-19)30-22-14-9-17-5-1-3-7-21(17)27(22)29-25(33)16-26(30)34/h1-13,22,31H,14-16H2,(H,28,32)(H,29,33). The van der Waals surface area contributed by atoms with Crippen LogP contribution in [0.1, 0.15) is 18.4 Å². The highest BCUT2D eigenvalue weighted by Crippen LogP contribution is 2.28. The lowest BCUT2D eigenvalue weighted by molar-refractivity contribution is -0.126. The van der Waals surface area contributed by atoms with Crippen molar-refractivity contribution in [3.8, 4) is 5.75 Å². The first-order chi connectivity index (χ1) is 16.5. The molecule has 0 spiro atoms. The second-order valence-electron chi connectivity index (χ2n) is 8.35. The molecule has 2 aliphatic rings. The van der Waals surface area contributed by atoms with Crippen LogP contribution in [0.25, 0.3) is 11.8 Å². The Hall–Kier alpha value is -4.39. The van der Waals surface area contributed by atoms with E-state index in [0.717, 1.165) is 16.1 Å². The van der Waals surface area contributed by atoms with Crippen LogP contribution < -0.4 is 26.0 Å². The number of phenolic OH excluding ortho intramolecular Hbond substituents is 1. The van der Waals surface area contributed by atoms with Crippen LogP contribution in [0, 0.1) is 0 Å². The van der Waals surface area contributed by atoms with Crippen molar-refractivity contribution in [1.29, 1.82) is 0 Å². The van der Waals surface area contributed by atoms with Gasteiger partial charge >= 0.3 is 0 Å². The van der Waals surface area contributed by atoms with Crippen molar-refractivity contribution in [1.82, 2.24) is 5.32 Å². The van der Waals surface area contributed by atoms with Crippen molar-refractivity contribution in [2.75, 3.05) is 10.2 Å². The minimum absolute atomic E-state index is 0.0441. The molecule has 1 aliphatic carbocycles. The van der Waals surface area contributed by atoms with Crippen LogP contribution in [0.4, 0.5) is 11.4 Å². The summed E-state index contributed by atoms with van der Waals surface area (Å²) in [7, 11) is 0. The lowest BCUT2D eigenvalue weighted by atomic mass is 9.98. The van der Waals surface area contributed by atoms with Gasteiger partial charge in [-0.05, 0) is 42.0 Å². The monoisotopic (exact) mass is 453 g/mol. The Morgan fingerprint density at radius 1 is 1.00 bits per heavy atom. The number of carbonyl (C=O) groups excluding carboxylic acids is 3. The maximum Gasteiger partial charge on any atom is 0.237 e. The third-order valence-corrected chi connectivity index (χ3v) is 6.08. The molecule has 7 heteroatoms. The fraction of sp³-hybridized carbons (Fsp3) is 0.148. The highest BCUT2D eigenvalue weighted by atomic mass is 16.3. The van der Waals surface area contributed by atoms with Crippen molar-refractivity contribution in [3.63, 3.8) is 0 Å². The summed E-state index contributed by atoms with van der Waals surface area (Å²) in [6.07, 6.45) is 2.47. The quantitative estimate of drug-likeness (QED) is 0.525. The lowest BCUT2D eigenvalue weighted by Crippen LogP contribution is -2.47. The Kier molecular flexibility index (Phi) is 5.59. The number of rotatable bonds is 4. The molecule has 0 aromatic heterocycles. The van der Waals surface area contributed by atoms with Gasteiger partial charge in [-0.2, -0.15) is 0 Å². The number of anilines is 2. The zero-order chi connectivity index (χ0) is 23.7. The van der Waals surface area contributed by atoms with Crippen LogP contribution in [0.2, 0.25) is 0 Å². The van der Waals surface area contributed by atoms with Crippen LogP contribution >= 0.6 is 0 Å². The molecule has 5 rings (SSSR count). The van der Waals surface area contributed by atoms with Crippen LogP contribution in [-0.2, 0) is 20.8 Å². The van der Waals surface area contributed by atoms with E-state index in [-0.39, 0.29) is 42.4 Å². The van der Waals surface area contributed by atoms with Gasteiger partial charge in [-0.1, -0.05) is 48.5 Å². The molecule has 170 valence electrons. The molecule has 34 heavy (non-hydrogen) atoms. The van der Waals surface area contributed by atoms with Gasteiger partial charge in [-0.3, -0.25) is 14.4 Å². The summed E-state index contributed by atoms with van der Waals surface area (Å²) in [5.41, 5.74) is 2.50. The zero-order valence-electron chi connectivity index (χ0n) is 18.3. The smallest absolute Gasteiger partial charge is 0.237 e. The number of phenols is 1. The number of benzene rings is 3.